The average Bonchev–Trinajstić information content (AvgIpc) is 3.60. The van der Waals surface area contributed by atoms with Gasteiger partial charge in [-0.05, 0) is 56.5 Å². The van der Waals surface area contributed by atoms with Gasteiger partial charge in [-0.3, -0.25) is 14.4 Å². The summed E-state index contributed by atoms with van der Waals surface area (Å²) in [5.41, 5.74) is 2.32. The Morgan fingerprint density at radius 3 is 2.50 bits per heavy atom. The highest BCUT2D eigenvalue weighted by Crippen LogP contribution is 2.37. The molecule has 1 saturated carbocycles. The third-order valence-electron chi connectivity index (χ3n) is 7.01. The van der Waals surface area contributed by atoms with Gasteiger partial charge in [-0.1, -0.05) is 18.9 Å². The molecule has 2 aromatic heterocycles. The van der Waals surface area contributed by atoms with Crippen molar-refractivity contribution in [2.75, 3.05) is 25.0 Å². The molecule has 8 nitrogen and oxygen atoms in total. The maximum absolute atomic E-state index is 12.7. The molecule has 34 heavy (non-hydrogen) atoms. The van der Waals surface area contributed by atoms with E-state index in [9.17, 15) is 19.6 Å². The van der Waals surface area contributed by atoms with Gasteiger partial charge in [0, 0.05) is 24.8 Å². The number of likely N-dealkylation sites (tertiary alicyclic amines) is 1. The number of aromatic nitrogens is 1. The molecule has 9 heteroatoms. The summed E-state index contributed by atoms with van der Waals surface area (Å²) >= 11 is 1.41. The fourth-order valence-electron chi connectivity index (χ4n) is 5.00. The van der Waals surface area contributed by atoms with E-state index in [1.54, 1.807) is 11.0 Å². The fourth-order valence-corrected chi connectivity index (χ4v) is 5.69. The third-order valence-corrected chi connectivity index (χ3v) is 7.87. The van der Waals surface area contributed by atoms with Crippen LogP contribution in [0.25, 0.3) is 0 Å². The highest BCUT2D eigenvalue weighted by Gasteiger charge is 2.30. The van der Waals surface area contributed by atoms with Gasteiger partial charge in [0.05, 0.1) is 16.4 Å². The number of esters is 1. The van der Waals surface area contributed by atoms with Crippen LogP contribution in [0.1, 0.15) is 71.1 Å². The van der Waals surface area contributed by atoms with Crippen molar-refractivity contribution in [3.63, 3.8) is 0 Å². The summed E-state index contributed by atoms with van der Waals surface area (Å²) in [5, 5.41) is 14.4. The van der Waals surface area contributed by atoms with Crippen molar-refractivity contribution in [3.05, 3.63) is 39.2 Å². The number of piperidine rings is 1. The molecule has 0 bridgehead atoms. The van der Waals surface area contributed by atoms with Gasteiger partial charge in [-0.25, -0.2) is 0 Å². The Hall–Kier alpha value is -3.12. The summed E-state index contributed by atoms with van der Waals surface area (Å²) in [6.45, 7) is 4.44. The molecule has 0 atom stereocenters. The van der Waals surface area contributed by atoms with Crippen molar-refractivity contribution in [1.82, 2.24) is 9.47 Å². The zero-order valence-electron chi connectivity index (χ0n) is 19.6. The van der Waals surface area contributed by atoms with E-state index in [1.807, 2.05) is 25.3 Å². The maximum Gasteiger partial charge on any atom is 0.309 e. The molecule has 2 fully saturated rings. The van der Waals surface area contributed by atoms with E-state index in [0.717, 1.165) is 36.9 Å². The number of ether oxygens (including phenoxy) is 1. The van der Waals surface area contributed by atoms with E-state index < -0.39 is 18.5 Å². The highest BCUT2D eigenvalue weighted by molar-refractivity contribution is 7.12. The molecule has 0 unspecified atom stereocenters. The van der Waals surface area contributed by atoms with E-state index in [1.165, 1.54) is 11.3 Å². The minimum Gasteiger partial charge on any atom is -0.455 e. The largest absolute Gasteiger partial charge is 0.455 e. The van der Waals surface area contributed by atoms with Crippen LogP contribution >= 0.6 is 11.3 Å². The number of thiophene rings is 1. The number of carbonyl (C=O) groups excluding carboxylic acids is 3. The Kier molecular flexibility index (Phi) is 7.37. The van der Waals surface area contributed by atoms with Crippen molar-refractivity contribution in [2.45, 2.75) is 58.4 Å². The van der Waals surface area contributed by atoms with Crippen molar-refractivity contribution in [1.29, 1.82) is 5.26 Å². The van der Waals surface area contributed by atoms with Crippen molar-refractivity contribution >= 4 is 34.9 Å². The zero-order chi connectivity index (χ0) is 24.2. The van der Waals surface area contributed by atoms with Crippen LogP contribution in [0.4, 0.5) is 5.82 Å². The van der Waals surface area contributed by atoms with E-state index in [4.69, 9.17) is 4.74 Å². The number of nitriles is 1. The third kappa shape index (κ3) is 4.87. The lowest BCUT2D eigenvalue weighted by Gasteiger charge is -2.30. The first-order valence-corrected chi connectivity index (χ1v) is 12.7. The van der Waals surface area contributed by atoms with Gasteiger partial charge in [-0.15, -0.1) is 11.3 Å². The van der Waals surface area contributed by atoms with Gasteiger partial charge in [0.1, 0.15) is 11.9 Å². The number of anilines is 1. The lowest BCUT2D eigenvalue weighted by molar-refractivity contribution is -0.152. The lowest BCUT2D eigenvalue weighted by Crippen LogP contribution is -2.40. The van der Waals surface area contributed by atoms with Crippen LogP contribution in [0.5, 0.6) is 0 Å². The molecule has 3 heterocycles. The summed E-state index contributed by atoms with van der Waals surface area (Å²) in [6, 6.07) is 6.13. The van der Waals surface area contributed by atoms with Gasteiger partial charge in [0.15, 0.2) is 6.61 Å². The molecule has 0 radical (unpaired) electrons. The Morgan fingerprint density at radius 1 is 1.18 bits per heavy atom. The van der Waals surface area contributed by atoms with Crippen molar-refractivity contribution in [2.24, 2.45) is 5.92 Å². The monoisotopic (exact) mass is 482 g/mol. The van der Waals surface area contributed by atoms with Crippen molar-refractivity contribution < 1.29 is 19.1 Å². The van der Waals surface area contributed by atoms with Crippen molar-refractivity contribution in [3.8, 4) is 6.07 Å². The highest BCUT2D eigenvalue weighted by atomic mass is 32.1. The van der Waals surface area contributed by atoms with Crippen LogP contribution in [0.3, 0.4) is 0 Å². The van der Waals surface area contributed by atoms with Crippen LogP contribution in [-0.4, -0.2) is 46.9 Å². The molecule has 2 aromatic rings. The summed E-state index contributed by atoms with van der Waals surface area (Å²) in [5.74, 6) is -0.706. The number of amides is 2. The first-order chi connectivity index (χ1) is 16.4. The standard InChI is InChI=1S/C25H30N4O4S/c1-16-17(2)29(19-6-3-4-7-19)23(20(16)14-26)27-22(30)15-33-25(32)18-9-11-28(12-10-18)24(31)21-8-5-13-34-21/h5,8,13,18-19H,3-4,6-7,9-12,15H2,1-2H3,(H,27,30). The first-order valence-electron chi connectivity index (χ1n) is 11.8. The predicted molar refractivity (Wildman–Crippen MR) is 129 cm³/mol. The quantitative estimate of drug-likeness (QED) is 0.622. The molecule has 0 aromatic carbocycles. The number of rotatable bonds is 6. The Morgan fingerprint density at radius 2 is 1.88 bits per heavy atom. The lowest BCUT2D eigenvalue weighted by atomic mass is 9.97. The first kappa shape index (κ1) is 24.0. The zero-order valence-corrected chi connectivity index (χ0v) is 20.5. The Labute approximate surface area is 203 Å². The van der Waals surface area contributed by atoms with Gasteiger partial charge in [0.2, 0.25) is 0 Å². The van der Waals surface area contributed by atoms with Gasteiger partial charge in [-0.2, -0.15) is 5.26 Å². The van der Waals surface area contributed by atoms with E-state index in [2.05, 4.69) is 16.0 Å². The number of nitrogens with zero attached hydrogens (tertiary/aromatic N) is 3. The molecule has 1 saturated heterocycles. The molecule has 2 amide bonds. The fraction of sp³-hybridized carbons (Fsp3) is 0.520. The van der Waals surface area contributed by atoms with Crippen LogP contribution in [0, 0.1) is 31.1 Å². The summed E-state index contributed by atoms with van der Waals surface area (Å²) in [6.07, 6.45) is 5.33. The van der Waals surface area contributed by atoms with Crippen LogP contribution in [-0.2, 0) is 14.3 Å². The van der Waals surface area contributed by atoms with Crippen LogP contribution in [0.15, 0.2) is 17.5 Å². The maximum atomic E-state index is 12.7. The summed E-state index contributed by atoms with van der Waals surface area (Å²) in [4.78, 5) is 40.1. The molecule has 1 aliphatic carbocycles. The number of nitrogens with one attached hydrogen (secondary N) is 1. The Bertz CT molecular complexity index is 1100. The minimum atomic E-state index is -0.452. The SMILES string of the molecule is Cc1c(C#N)c(NC(=O)COC(=O)C2CCN(C(=O)c3cccs3)CC2)n(C2CCCC2)c1C. The van der Waals surface area contributed by atoms with Gasteiger partial charge < -0.3 is 19.5 Å². The van der Waals surface area contributed by atoms with E-state index >= 15 is 0 Å². The number of hydrogen-bond donors (Lipinski definition) is 1. The molecule has 0 spiro atoms. The normalized spacial score (nSPS) is 16.9. The molecular weight excluding hydrogens is 452 g/mol. The second kappa shape index (κ2) is 10.4. The second-order valence-electron chi connectivity index (χ2n) is 9.05. The number of carbonyl (C=O) groups is 3. The molecule has 2 aliphatic rings. The van der Waals surface area contributed by atoms with Crippen LogP contribution < -0.4 is 5.32 Å². The van der Waals surface area contributed by atoms with E-state index in [0.29, 0.717) is 42.2 Å². The second-order valence-corrected chi connectivity index (χ2v) is 10.0. The molecular formula is C25H30N4O4S. The van der Waals surface area contributed by atoms with E-state index in [-0.39, 0.29) is 17.9 Å². The predicted octanol–water partition coefficient (Wildman–Crippen LogP) is 4.19. The average molecular weight is 483 g/mol. The molecule has 1 aliphatic heterocycles. The minimum absolute atomic E-state index is 0.00894. The van der Waals surface area contributed by atoms with Gasteiger partial charge >= 0.3 is 5.97 Å². The Balaban J connectivity index is 1.32. The molecule has 1 N–H and O–H groups in total. The smallest absolute Gasteiger partial charge is 0.309 e. The number of hydrogen-bond acceptors (Lipinski definition) is 6. The van der Waals surface area contributed by atoms with Gasteiger partial charge in [0.25, 0.3) is 11.8 Å². The molecule has 4 rings (SSSR count). The summed E-state index contributed by atoms with van der Waals surface area (Å²) in [7, 11) is 0. The molecule has 180 valence electrons. The summed E-state index contributed by atoms with van der Waals surface area (Å²) < 4.78 is 7.39. The topological polar surface area (TPSA) is 104 Å². The van der Waals surface area contributed by atoms with Crippen LogP contribution in [0.2, 0.25) is 0 Å².